The van der Waals surface area contributed by atoms with Gasteiger partial charge in [-0.15, -0.1) is 0 Å². The summed E-state index contributed by atoms with van der Waals surface area (Å²) in [7, 11) is 1.62. The highest BCUT2D eigenvalue weighted by molar-refractivity contribution is 5.98. The van der Waals surface area contributed by atoms with Crippen LogP contribution < -0.4 is 10.3 Å². The van der Waals surface area contributed by atoms with Gasteiger partial charge in [0, 0.05) is 29.6 Å². The van der Waals surface area contributed by atoms with Gasteiger partial charge in [0.15, 0.2) is 0 Å². The van der Waals surface area contributed by atoms with E-state index in [1.54, 1.807) is 17.9 Å². The molecular formula is C22H24N4O3. The number of fused-ring (bicyclic) bond motifs is 2. The number of likely N-dealkylation sites (tertiary alicyclic amines) is 1. The van der Waals surface area contributed by atoms with Crippen LogP contribution in [-0.4, -0.2) is 45.3 Å². The molecule has 1 saturated heterocycles. The third kappa shape index (κ3) is 3.20. The van der Waals surface area contributed by atoms with E-state index in [2.05, 4.69) is 10.1 Å². The van der Waals surface area contributed by atoms with Crippen molar-refractivity contribution in [2.75, 3.05) is 13.7 Å². The fraction of sp³-hybridized carbons (Fsp3) is 0.409. The molecule has 1 N–H and O–H groups in total. The minimum absolute atomic E-state index is 0.0203. The van der Waals surface area contributed by atoms with Crippen molar-refractivity contribution in [3.63, 3.8) is 0 Å². The molecule has 2 aliphatic rings. The van der Waals surface area contributed by atoms with Crippen molar-refractivity contribution in [3.8, 4) is 5.75 Å². The van der Waals surface area contributed by atoms with E-state index in [-0.39, 0.29) is 17.5 Å². The van der Waals surface area contributed by atoms with Crippen molar-refractivity contribution in [2.24, 2.45) is 0 Å². The van der Waals surface area contributed by atoms with E-state index in [0.717, 1.165) is 60.0 Å². The fourth-order valence-corrected chi connectivity index (χ4v) is 4.57. The molecule has 3 heterocycles. The van der Waals surface area contributed by atoms with Crippen LogP contribution in [0.1, 0.15) is 41.0 Å². The summed E-state index contributed by atoms with van der Waals surface area (Å²) in [5, 5.41) is 5.55. The number of methoxy groups -OCH3 is 1. The first-order valence-electron chi connectivity index (χ1n) is 10.2. The van der Waals surface area contributed by atoms with Gasteiger partial charge in [-0.05, 0) is 55.9 Å². The zero-order chi connectivity index (χ0) is 20.0. The Morgan fingerprint density at radius 1 is 1.24 bits per heavy atom. The number of aromatic amines is 1. The first-order chi connectivity index (χ1) is 14.1. The second-order valence-corrected chi connectivity index (χ2v) is 7.92. The van der Waals surface area contributed by atoms with Crippen molar-refractivity contribution >= 4 is 16.8 Å². The van der Waals surface area contributed by atoms with Gasteiger partial charge < -0.3 is 14.6 Å². The van der Waals surface area contributed by atoms with Gasteiger partial charge in [0.05, 0.1) is 25.4 Å². The largest absolute Gasteiger partial charge is 0.497 e. The fourth-order valence-electron chi connectivity index (χ4n) is 4.57. The van der Waals surface area contributed by atoms with Crippen LogP contribution in [-0.2, 0) is 19.4 Å². The molecule has 1 aromatic carbocycles. The summed E-state index contributed by atoms with van der Waals surface area (Å²) in [5.74, 6) is 0.719. The van der Waals surface area contributed by atoms with Crippen molar-refractivity contribution < 1.29 is 9.53 Å². The van der Waals surface area contributed by atoms with Gasteiger partial charge in [-0.25, -0.2) is 4.68 Å². The number of amides is 1. The van der Waals surface area contributed by atoms with Gasteiger partial charge in [-0.3, -0.25) is 9.59 Å². The van der Waals surface area contributed by atoms with Crippen LogP contribution >= 0.6 is 0 Å². The Bertz CT molecular complexity index is 1150. The Morgan fingerprint density at radius 3 is 3.00 bits per heavy atom. The van der Waals surface area contributed by atoms with Crippen molar-refractivity contribution in [2.45, 2.75) is 44.7 Å². The molecule has 0 spiro atoms. The number of ether oxygens (including phenoxy) is 1. The molecule has 3 aromatic rings. The number of carbonyl (C=O) groups excluding carboxylic acids is 1. The van der Waals surface area contributed by atoms with Crippen LogP contribution in [0.15, 0.2) is 35.1 Å². The molecule has 1 atom stereocenters. The highest BCUT2D eigenvalue weighted by Crippen LogP contribution is 2.25. The maximum atomic E-state index is 13.2. The van der Waals surface area contributed by atoms with Crippen LogP contribution in [0, 0.1) is 0 Å². The zero-order valence-corrected chi connectivity index (χ0v) is 16.5. The van der Waals surface area contributed by atoms with E-state index in [1.165, 1.54) is 0 Å². The molecule has 1 aliphatic carbocycles. The van der Waals surface area contributed by atoms with E-state index in [1.807, 2.05) is 29.2 Å². The van der Waals surface area contributed by atoms with E-state index in [0.29, 0.717) is 18.8 Å². The van der Waals surface area contributed by atoms with Crippen LogP contribution in [0.25, 0.3) is 10.9 Å². The minimum atomic E-state index is -0.0670. The first-order valence-corrected chi connectivity index (χ1v) is 10.2. The van der Waals surface area contributed by atoms with E-state index in [9.17, 15) is 9.59 Å². The van der Waals surface area contributed by atoms with E-state index >= 15 is 0 Å². The molecule has 7 nitrogen and oxygen atoms in total. The van der Waals surface area contributed by atoms with Crippen LogP contribution in [0.2, 0.25) is 0 Å². The molecule has 150 valence electrons. The number of hydrogen-bond donors (Lipinski definition) is 1. The predicted octanol–water partition coefficient (Wildman–Crippen LogP) is 2.53. The van der Waals surface area contributed by atoms with Crippen LogP contribution in [0.5, 0.6) is 5.75 Å². The summed E-state index contributed by atoms with van der Waals surface area (Å²) in [6.45, 7) is 1.15. The van der Waals surface area contributed by atoms with Crippen molar-refractivity contribution in [1.82, 2.24) is 19.7 Å². The Labute approximate surface area is 168 Å². The molecule has 29 heavy (non-hydrogen) atoms. The van der Waals surface area contributed by atoms with Gasteiger partial charge in [-0.1, -0.05) is 0 Å². The summed E-state index contributed by atoms with van der Waals surface area (Å²) < 4.78 is 6.82. The number of nitrogens with one attached hydrogen (secondary N) is 1. The number of carbonyl (C=O) groups is 1. The van der Waals surface area contributed by atoms with Crippen LogP contribution in [0.3, 0.4) is 0 Å². The molecule has 5 rings (SSSR count). The van der Waals surface area contributed by atoms with Crippen LogP contribution in [0.4, 0.5) is 0 Å². The molecule has 1 aliphatic heterocycles. The highest BCUT2D eigenvalue weighted by atomic mass is 16.5. The third-order valence-electron chi connectivity index (χ3n) is 6.11. The Balaban J connectivity index is 1.39. The number of aryl methyl sites for hydroxylation is 2. The molecule has 2 aromatic heterocycles. The summed E-state index contributed by atoms with van der Waals surface area (Å²) in [5.41, 5.74) is 3.49. The lowest BCUT2D eigenvalue weighted by molar-refractivity contribution is 0.0715. The van der Waals surface area contributed by atoms with Crippen molar-refractivity contribution in [3.05, 3.63) is 57.6 Å². The quantitative estimate of drug-likeness (QED) is 0.740. The molecular weight excluding hydrogens is 368 g/mol. The van der Waals surface area contributed by atoms with Gasteiger partial charge in [0.1, 0.15) is 11.4 Å². The maximum Gasteiger partial charge on any atom is 0.270 e. The SMILES string of the molecule is COc1ccc2cc(C(=O)N3CCCC3Cn3nc4c(cc3=O)CCC4)[nH]c2c1. The lowest BCUT2D eigenvalue weighted by Crippen LogP contribution is -2.41. The maximum absolute atomic E-state index is 13.2. The Hall–Kier alpha value is -3.09. The standard InChI is InChI=1S/C22H24N4O3/c1-29-17-8-7-15-10-20(23-19(15)12-17)22(28)25-9-3-5-16(25)13-26-21(27)11-14-4-2-6-18(14)24-26/h7-8,10-12,16,23H,2-6,9,13H2,1H3. The molecule has 0 saturated carbocycles. The first kappa shape index (κ1) is 18.0. The number of H-pyrrole nitrogens is 1. The van der Waals surface area contributed by atoms with Gasteiger partial charge >= 0.3 is 0 Å². The lowest BCUT2D eigenvalue weighted by atomic mass is 10.2. The molecule has 1 unspecified atom stereocenters. The lowest BCUT2D eigenvalue weighted by Gasteiger charge is -2.24. The second kappa shape index (κ2) is 7.06. The molecule has 0 bridgehead atoms. The number of benzene rings is 1. The number of hydrogen-bond acceptors (Lipinski definition) is 4. The topological polar surface area (TPSA) is 80.2 Å². The second-order valence-electron chi connectivity index (χ2n) is 7.92. The molecule has 0 radical (unpaired) electrons. The summed E-state index contributed by atoms with van der Waals surface area (Å²) in [6, 6.07) is 9.30. The van der Waals surface area contributed by atoms with E-state index in [4.69, 9.17) is 4.74 Å². The monoisotopic (exact) mass is 392 g/mol. The Morgan fingerprint density at radius 2 is 2.14 bits per heavy atom. The molecule has 1 amide bonds. The smallest absolute Gasteiger partial charge is 0.270 e. The molecule has 7 heteroatoms. The summed E-state index contributed by atoms with van der Waals surface area (Å²) in [4.78, 5) is 30.8. The van der Waals surface area contributed by atoms with Gasteiger partial charge in [0.2, 0.25) is 0 Å². The van der Waals surface area contributed by atoms with Gasteiger partial charge in [0.25, 0.3) is 11.5 Å². The number of aromatic nitrogens is 3. The molecule has 1 fully saturated rings. The number of rotatable bonds is 4. The predicted molar refractivity (Wildman–Crippen MR) is 109 cm³/mol. The summed E-state index contributed by atoms with van der Waals surface area (Å²) in [6.07, 6.45) is 4.75. The Kier molecular flexibility index (Phi) is 4.38. The minimum Gasteiger partial charge on any atom is -0.497 e. The average molecular weight is 392 g/mol. The highest BCUT2D eigenvalue weighted by Gasteiger charge is 2.31. The van der Waals surface area contributed by atoms with Gasteiger partial charge in [-0.2, -0.15) is 5.10 Å². The van der Waals surface area contributed by atoms with Crippen molar-refractivity contribution in [1.29, 1.82) is 0 Å². The third-order valence-corrected chi connectivity index (χ3v) is 6.11. The zero-order valence-electron chi connectivity index (χ0n) is 16.5. The summed E-state index contributed by atoms with van der Waals surface area (Å²) >= 11 is 0. The van der Waals surface area contributed by atoms with E-state index < -0.39 is 0 Å². The number of nitrogens with zero attached hydrogens (tertiary/aromatic N) is 3. The average Bonchev–Trinajstić information content (AvgIpc) is 3.46. The normalized spacial score (nSPS) is 18.4.